The molecular weight excluding hydrogens is 432 g/mol. The summed E-state index contributed by atoms with van der Waals surface area (Å²) < 4.78 is 11.7. The summed E-state index contributed by atoms with van der Waals surface area (Å²) in [5.41, 5.74) is 1.30. The molecule has 0 N–H and O–H groups in total. The number of rotatable bonds is 8. The third-order valence-electron chi connectivity index (χ3n) is 6.84. The van der Waals surface area contributed by atoms with E-state index >= 15 is 0 Å². The predicted octanol–water partition coefficient (Wildman–Crippen LogP) is 3.32. The fourth-order valence-electron chi connectivity index (χ4n) is 5.16. The van der Waals surface area contributed by atoms with Gasteiger partial charge in [-0.15, -0.1) is 0 Å². The van der Waals surface area contributed by atoms with Crippen molar-refractivity contribution in [3.63, 3.8) is 0 Å². The number of hydrogen-bond donors (Lipinski definition) is 0. The number of esters is 1. The Hall–Kier alpha value is -3.19. The molecule has 2 aliphatic rings. The van der Waals surface area contributed by atoms with E-state index in [1.807, 2.05) is 60.7 Å². The Balaban J connectivity index is 1.53. The van der Waals surface area contributed by atoms with Crippen molar-refractivity contribution >= 4 is 17.8 Å². The largest absolute Gasteiger partial charge is 0.459 e. The zero-order valence-corrected chi connectivity index (χ0v) is 19.8. The van der Waals surface area contributed by atoms with Crippen molar-refractivity contribution in [2.24, 2.45) is 0 Å². The van der Waals surface area contributed by atoms with Crippen LogP contribution >= 0.6 is 0 Å². The van der Waals surface area contributed by atoms with Crippen LogP contribution in [0.1, 0.15) is 44.2 Å². The second kappa shape index (κ2) is 10.4. The van der Waals surface area contributed by atoms with E-state index < -0.39 is 23.7 Å². The van der Waals surface area contributed by atoms with E-state index in [-0.39, 0.29) is 24.8 Å². The van der Waals surface area contributed by atoms with Gasteiger partial charge in [0.2, 0.25) is 11.8 Å². The molecule has 2 fully saturated rings. The van der Waals surface area contributed by atoms with E-state index in [0.29, 0.717) is 19.7 Å². The van der Waals surface area contributed by atoms with Gasteiger partial charge in [-0.05, 0) is 30.9 Å². The van der Waals surface area contributed by atoms with Crippen LogP contribution < -0.4 is 0 Å². The maximum absolute atomic E-state index is 13.3. The Bertz CT molecular complexity index is 1010. The van der Waals surface area contributed by atoms with Crippen LogP contribution in [0.3, 0.4) is 0 Å². The molecule has 3 unspecified atom stereocenters. The molecular formula is C27H32N2O5. The second-order valence-electron chi connectivity index (χ2n) is 9.24. The summed E-state index contributed by atoms with van der Waals surface area (Å²) in [4.78, 5) is 42.2. The highest BCUT2D eigenvalue weighted by Crippen LogP contribution is 2.39. The van der Waals surface area contributed by atoms with Gasteiger partial charge in [-0.2, -0.15) is 0 Å². The van der Waals surface area contributed by atoms with Gasteiger partial charge in [0, 0.05) is 20.0 Å². The molecule has 0 radical (unpaired) electrons. The highest BCUT2D eigenvalue weighted by molar-refractivity contribution is 5.88. The molecule has 34 heavy (non-hydrogen) atoms. The Kier molecular flexibility index (Phi) is 7.32. The number of nitrogens with zero attached hydrogens (tertiary/aromatic N) is 2. The van der Waals surface area contributed by atoms with Crippen LogP contribution in [0, 0.1) is 0 Å². The molecule has 2 aromatic carbocycles. The van der Waals surface area contributed by atoms with Crippen molar-refractivity contribution in [2.75, 3.05) is 13.1 Å². The van der Waals surface area contributed by atoms with Crippen LogP contribution in [-0.2, 0) is 37.1 Å². The first-order valence-electron chi connectivity index (χ1n) is 11.8. The summed E-state index contributed by atoms with van der Waals surface area (Å²) in [5, 5.41) is 0. The van der Waals surface area contributed by atoms with Crippen molar-refractivity contribution < 1.29 is 23.9 Å². The summed E-state index contributed by atoms with van der Waals surface area (Å²) in [6.45, 7) is 4.73. The smallest absolute Gasteiger partial charge is 0.331 e. The maximum atomic E-state index is 13.3. The monoisotopic (exact) mass is 464 g/mol. The normalized spacial score (nSPS) is 21.6. The fraction of sp³-hybridized carbons (Fsp3) is 0.444. The highest BCUT2D eigenvalue weighted by Gasteiger charge is 2.54. The predicted molar refractivity (Wildman–Crippen MR) is 126 cm³/mol. The van der Waals surface area contributed by atoms with E-state index in [1.165, 1.54) is 6.92 Å². The summed E-state index contributed by atoms with van der Waals surface area (Å²) in [6.07, 6.45) is 1.24. The van der Waals surface area contributed by atoms with E-state index in [0.717, 1.165) is 24.0 Å². The van der Waals surface area contributed by atoms with E-state index in [1.54, 1.807) is 16.7 Å². The SMILES string of the molecule is CC(=O)N1CCCC12CC(=O)N(C(C(=O)OCc1ccccc1)C(C)OCc1ccccc1)C2. The fourth-order valence-corrected chi connectivity index (χ4v) is 5.16. The van der Waals surface area contributed by atoms with Gasteiger partial charge in [-0.25, -0.2) is 4.79 Å². The minimum Gasteiger partial charge on any atom is -0.459 e. The molecule has 0 aromatic heterocycles. The van der Waals surface area contributed by atoms with E-state index in [9.17, 15) is 14.4 Å². The lowest BCUT2D eigenvalue weighted by Crippen LogP contribution is -2.53. The van der Waals surface area contributed by atoms with Gasteiger partial charge < -0.3 is 19.3 Å². The molecule has 7 nitrogen and oxygen atoms in total. The minimum atomic E-state index is -0.895. The highest BCUT2D eigenvalue weighted by atomic mass is 16.5. The Labute approximate surface area is 200 Å². The molecule has 1 spiro atoms. The van der Waals surface area contributed by atoms with Gasteiger partial charge in [-0.1, -0.05) is 60.7 Å². The van der Waals surface area contributed by atoms with Crippen LogP contribution in [0.25, 0.3) is 0 Å². The number of carbonyl (C=O) groups is 3. The number of benzene rings is 2. The minimum absolute atomic E-state index is 0.0382. The van der Waals surface area contributed by atoms with Gasteiger partial charge in [0.05, 0.1) is 24.7 Å². The number of hydrogen-bond acceptors (Lipinski definition) is 5. The van der Waals surface area contributed by atoms with Crippen molar-refractivity contribution in [1.82, 2.24) is 9.80 Å². The Morgan fingerprint density at radius 3 is 2.24 bits per heavy atom. The van der Waals surface area contributed by atoms with Gasteiger partial charge in [0.25, 0.3) is 0 Å². The standard InChI is InChI=1S/C27H32N2O5/c1-20(33-17-22-10-5-3-6-11-22)25(26(32)34-18-23-12-7-4-8-13-23)28-19-27(16-24(28)31)14-9-15-29(27)21(2)30/h3-8,10-13,20,25H,9,14-19H2,1-2H3. The van der Waals surface area contributed by atoms with Crippen LogP contribution in [0.2, 0.25) is 0 Å². The first-order valence-corrected chi connectivity index (χ1v) is 11.8. The number of likely N-dealkylation sites (tertiary alicyclic amines) is 2. The summed E-state index contributed by atoms with van der Waals surface area (Å²) >= 11 is 0. The number of ether oxygens (including phenoxy) is 2. The molecule has 3 atom stereocenters. The zero-order chi connectivity index (χ0) is 24.1. The molecule has 7 heteroatoms. The molecule has 2 amide bonds. The number of amides is 2. The van der Waals surface area contributed by atoms with Crippen molar-refractivity contribution in [2.45, 2.75) is 64.0 Å². The lowest BCUT2D eigenvalue weighted by molar-refractivity contribution is -0.162. The van der Waals surface area contributed by atoms with Crippen molar-refractivity contribution in [1.29, 1.82) is 0 Å². The molecule has 2 heterocycles. The second-order valence-corrected chi connectivity index (χ2v) is 9.24. The van der Waals surface area contributed by atoms with Crippen molar-refractivity contribution in [3.8, 4) is 0 Å². The molecule has 2 aliphatic heterocycles. The van der Waals surface area contributed by atoms with E-state index in [2.05, 4.69) is 0 Å². The average Bonchev–Trinajstić information content (AvgIpc) is 3.40. The summed E-state index contributed by atoms with van der Waals surface area (Å²) in [7, 11) is 0. The van der Waals surface area contributed by atoms with Gasteiger partial charge in [-0.3, -0.25) is 9.59 Å². The molecule has 0 aliphatic carbocycles. The summed E-state index contributed by atoms with van der Waals surface area (Å²) in [6, 6.07) is 18.2. The molecule has 0 saturated carbocycles. The van der Waals surface area contributed by atoms with Crippen LogP contribution in [0.15, 0.2) is 60.7 Å². The topological polar surface area (TPSA) is 76.2 Å². The van der Waals surface area contributed by atoms with Crippen LogP contribution in [0.5, 0.6) is 0 Å². The first kappa shape index (κ1) is 24.0. The quantitative estimate of drug-likeness (QED) is 0.560. The molecule has 2 aromatic rings. The third-order valence-corrected chi connectivity index (χ3v) is 6.84. The summed E-state index contributed by atoms with van der Waals surface area (Å²) in [5.74, 6) is -0.684. The number of carbonyl (C=O) groups excluding carboxylic acids is 3. The third kappa shape index (κ3) is 5.14. The first-order chi connectivity index (χ1) is 16.4. The van der Waals surface area contributed by atoms with Crippen molar-refractivity contribution in [3.05, 3.63) is 71.8 Å². The molecule has 4 rings (SSSR count). The average molecular weight is 465 g/mol. The Morgan fingerprint density at radius 1 is 1.00 bits per heavy atom. The Morgan fingerprint density at radius 2 is 1.62 bits per heavy atom. The van der Waals surface area contributed by atoms with E-state index in [4.69, 9.17) is 9.47 Å². The molecule has 180 valence electrons. The van der Waals surface area contributed by atoms with Gasteiger partial charge in [0.15, 0.2) is 6.04 Å². The molecule has 2 saturated heterocycles. The van der Waals surface area contributed by atoms with Crippen LogP contribution in [0.4, 0.5) is 0 Å². The molecule has 0 bridgehead atoms. The van der Waals surface area contributed by atoms with Gasteiger partial charge >= 0.3 is 5.97 Å². The lowest BCUT2D eigenvalue weighted by Gasteiger charge is -2.36. The van der Waals surface area contributed by atoms with Crippen LogP contribution in [-0.4, -0.2) is 58.4 Å². The lowest BCUT2D eigenvalue weighted by atomic mass is 9.95. The maximum Gasteiger partial charge on any atom is 0.331 e. The van der Waals surface area contributed by atoms with Gasteiger partial charge in [0.1, 0.15) is 6.61 Å². The zero-order valence-electron chi connectivity index (χ0n) is 19.8.